The Hall–Kier alpha value is -1.52. The minimum atomic E-state index is -0.565. The smallest absolute Gasteiger partial charge is 0.287 e. The van der Waals surface area contributed by atoms with Crippen molar-refractivity contribution in [3.63, 3.8) is 0 Å². The minimum absolute atomic E-state index is 0.151. The van der Waals surface area contributed by atoms with Crippen LogP contribution in [0.4, 0.5) is 11.5 Å². The topological polar surface area (TPSA) is 94.4 Å². The number of benzene rings is 1. The van der Waals surface area contributed by atoms with E-state index in [0.717, 1.165) is 10.7 Å². The molecule has 120 valence electrons. The Bertz CT molecular complexity index is 730. The van der Waals surface area contributed by atoms with Crippen LogP contribution in [-0.4, -0.2) is 22.4 Å². The largest absolute Gasteiger partial charge is 0.481 e. The van der Waals surface area contributed by atoms with E-state index in [4.69, 9.17) is 4.74 Å². The standard InChI is InChI=1S/C13H8Br3N3O4/c14-7-3-9(15)13(10(16)4-7)23-6-12(20)18-11-2-1-8(5-17-11)19(21)22/h1-5H,6H2,(H,17,18,20). The fraction of sp³-hybridized carbons (Fsp3) is 0.0769. The molecule has 0 bridgehead atoms. The van der Waals surface area contributed by atoms with Gasteiger partial charge < -0.3 is 10.1 Å². The Kier molecular flexibility index (Phi) is 6.08. The zero-order chi connectivity index (χ0) is 17.0. The molecule has 2 aromatic rings. The van der Waals surface area contributed by atoms with Crippen molar-refractivity contribution in [1.29, 1.82) is 0 Å². The van der Waals surface area contributed by atoms with E-state index >= 15 is 0 Å². The van der Waals surface area contributed by atoms with Crippen LogP contribution in [0.25, 0.3) is 0 Å². The number of nitro groups is 1. The van der Waals surface area contributed by atoms with Crippen molar-refractivity contribution in [1.82, 2.24) is 4.98 Å². The number of anilines is 1. The highest BCUT2D eigenvalue weighted by molar-refractivity contribution is 9.11. The van der Waals surface area contributed by atoms with Gasteiger partial charge in [-0.1, -0.05) is 15.9 Å². The van der Waals surface area contributed by atoms with Crippen molar-refractivity contribution in [3.05, 3.63) is 54.0 Å². The van der Waals surface area contributed by atoms with E-state index in [9.17, 15) is 14.9 Å². The van der Waals surface area contributed by atoms with Gasteiger partial charge in [0.25, 0.3) is 11.6 Å². The predicted molar refractivity (Wildman–Crippen MR) is 94.6 cm³/mol. The highest BCUT2D eigenvalue weighted by Gasteiger charge is 2.12. The summed E-state index contributed by atoms with van der Waals surface area (Å²) < 4.78 is 7.67. The number of rotatable bonds is 5. The summed E-state index contributed by atoms with van der Waals surface area (Å²) in [5.41, 5.74) is -0.151. The first-order valence-corrected chi connectivity index (χ1v) is 8.42. The van der Waals surface area contributed by atoms with Crippen molar-refractivity contribution in [2.24, 2.45) is 0 Å². The number of aromatic nitrogens is 1. The molecule has 7 nitrogen and oxygen atoms in total. The molecule has 0 spiro atoms. The second-order valence-electron chi connectivity index (χ2n) is 4.19. The second-order valence-corrected chi connectivity index (χ2v) is 6.82. The lowest BCUT2D eigenvalue weighted by Crippen LogP contribution is -2.21. The van der Waals surface area contributed by atoms with Crippen LogP contribution in [0, 0.1) is 10.1 Å². The van der Waals surface area contributed by atoms with Crippen LogP contribution < -0.4 is 10.1 Å². The first-order chi connectivity index (χ1) is 10.9. The van der Waals surface area contributed by atoms with E-state index in [1.807, 2.05) is 0 Å². The number of nitrogens with one attached hydrogen (secondary N) is 1. The third kappa shape index (κ3) is 4.98. The van der Waals surface area contributed by atoms with Crippen LogP contribution in [0.15, 0.2) is 43.9 Å². The molecule has 1 amide bonds. The van der Waals surface area contributed by atoms with Crippen molar-refractivity contribution >= 4 is 65.2 Å². The minimum Gasteiger partial charge on any atom is -0.481 e. The summed E-state index contributed by atoms with van der Waals surface area (Å²) in [4.78, 5) is 25.6. The van der Waals surface area contributed by atoms with E-state index in [0.29, 0.717) is 14.7 Å². The summed E-state index contributed by atoms with van der Waals surface area (Å²) >= 11 is 10.0. The molecule has 23 heavy (non-hydrogen) atoms. The summed E-state index contributed by atoms with van der Waals surface area (Å²) in [6.07, 6.45) is 1.07. The number of hydrogen-bond donors (Lipinski definition) is 1. The number of ether oxygens (including phenoxy) is 1. The van der Waals surface area contributed by atoms with Crippen molar-refractivity contribution in [2.45, 2.75) is 0 Å². The maximum Gasteiger partial charge on any atom is 0.287 e. The zero-order valence-electron chi connectivity index (χ0n) is 11.3. The van der Waals surface area contributed by atoms with Gasteiger partial charge in [0.2, 0.25) is 0 Å². The molecule has 0 radical (unpaired) electrons. The van der Waals surface area contributed by atoms with Crippen LogP contribution in [0.1, 0.15) is 0 Å². The molecular weight excluding hydrogens is 502 g/mol. The van der Waals surface area contributed by atoms with Gasteiger partial charge >= 0.3 is 0 Å². The van der Waals surface area contributed by atoms with E-state index in [-0.39, 0.29) is 18.1 Å². The number of carbonyl (C=O) groups is 1. The summed E-state index contributed by atoms with van der Waals surface area (Å²) in [5.74, 6) is 0.256. The number of hydrogen-bond acceptors (Lipinski definition) is 5. The number of pyridine rings is 1. The third-order valence-electron chi connectivity index (χ3n) is 2.54. The normalized spacial score (nSPS) is 10.2. The Morgan fingerprint density at radius 3 is 2.43 bits per heavy atom. The average molecular weight is 510 g/mol. The van der Waals surface area contributed by atoms with Crippen molar-refractivity contribution in [2.75, 3.05) is 11.9 Å². The van der Waals surface area contributed by atoms with Crippen LogP contribution in [0.3, 0.4) is 0 Å². The van der Waals surface area contributed by atoms with Gasteiger partial charge in [-0.3, -0.25) is 14.9 Å². The maximum absolute atomic E-state index is 11.8. The van der Waals surface area contributed by atoms with E-state index in [2.05, 4.69) is 58.1 Å². The molecule has 0 saturated heterocycles. The van der Waals surface area contributed by atoms with Gasteiger partial charge in [-0.25, -0.2) is 4.98 Å². The predicted octanol–water partition coefficient (Wildman–Crippen LogP) is 4.29. The van der Waals surface area contributed by atoms with Gasteiger partial charge in [0.05, 0.1) is 13.9 Å². The third-order valence-corrected chi connectivity index (χ3v) is 4.17. The van der Waals surface area contributed by atoms with Gasteiger partial charge in [-0.2, -0.15) is 0 Å². The number of halogens is 3. The first kappa shape index (κ1) is 17.8. The van der Waals surface area contributed by atoms with Crippen LogP contribution >= 0.6 is 47.8 Å². The van der Waals surface area contributed by atoms with E-state index < -0.39 is 10.8 Å². The number of amides is 1. The fourth-order valence-electron chi connectivity index (χ4n) is 1.55. The molecule has 0 aliphatic heterocycles. The van der Waals surface area contributed by atoms with Gasteiger partial charge in [0.15, 0.2) is 6.61 Å². The number of nitrogens with zero attached hydrogens (tertiary/aromatic N) is 2. The Morgan fingerprint density at radius 1 is 1.26 bits per heavy atom. The first-order valence-electron chi connectivity index (χ1n) is 6.04. The monoisotopic (exact) mass is 507 g/mol. The molecule has 0 atom stereocenters. The summed E-state index contributed by atoms with van der Waals surface area (Å²) in [7, 11) is 0. The zero-order valence-corrected chi connectivity index (χ0v) is 16.0. The van der Waals surface area contributed by atoms with Crippen LogP contribution in [0.2, 0.25) is 0 Å². The lowest BCUT2D eigenvalue weighted by Gasteiger charge is -2.10. The maximum atomic E-state index is 11.8. The molecule has 2 rings (SSSR count). The lowest BCUT2D eigenvalue weighted by molar-refractivity contribution is -0.385. The van der Waals surface area contributed by atoms with Gasteiger partial charge in [-0.05, 0) is 50.1 Å². The van der Waals surface area contributed by atoms with Crippen molar-refractivity contribution in [3.8, 4) is 5.75 Å². The molecule has 10 heteroatoms. The van der Waals surface area contributed by atoms with Crippen molar-refractivity contribution < 1.29 is 14.5 Å². The summed E-state index contributed by atoms with van der Waals surface area (Å²) in [6, 6.07) is 6.18. The molecular formula is C13H8Br3N3O4. The molecule has 0 unspecified atom stereocenters. The molecule has 1 aromatic heterocycles. The molecule has 0 fully saturated rings. The molecule has 1 heterocycles. The van der Waals surface area contributed by atoms with E-state index in [1.165, 1.54) is 12.1 Å². The van der Waals surface area contributed by atoms with Gasteiger partial charge in [0, 0.05) is 10.5 Å². The van der Waals surface area contributed by atoms with Gasteiger partial charge in [0.1, 0.15) is 17.8 Å². The Labute approximate surface area is 156 Å². The molecule has 0 aliphatic rings. The van der Waals surface area contributed by atoms with Gasteiger partial charge in [-0.15, -0.1) is 0 Å². The van der Waals surface area contributed by atoms with Crippen LogP contribution in [0.5, 0.6) is 5.75 Å². The Morgan fingerprint density at radius 2 is 1.91 bits per heavy atom. The SMILES string of the molecule is O=C(COc1c(Br)cc(Br)cc1Br)Nc1ccc([N+](=O)[O-])cn1. The van der Waals surface area contributed by atoms with E-state index in [1.54, 1.807) is 12.1 Å². The molecule has 0 aliphatic carbocycles. The summed E-state index contributed by atoms with van der Waals surface area (Å²) in [5, 5.41) is 13.0. The fourth-order valence-corrected chi connectivity index (χ4v) is 4.04. The summed E-state index contributed by atoms with van der Waals surface area (Å²) in [6.45, 7) is -0.239. The second kappa shape index (κ2) is 7.84. The highest BCUT2D eigenvalue weighted by Crippen LogP contribution is 2.36. The molecule has 0 saturated carbocycles. The molecule has 1 aromatic carbocycles. The number of carbonyl (C=O) groups excluding carboxylic acids is 1. The lowest BCUT2D eigenvalue weighted by atomic mass is 10.3. The Balaban J connectivity index is 1.96. The van der Waals surface area contributed by atoms with Crippen LogP contribution in [-0.2, 0) is 4.79 Å². The highest BCUT2D eigenvalue weighted by atomic mass is 79.9. The average Bonchev–Trinajstić information content (AvgIpc) is 2.46. The quantitative estimate of drug-likeness (QED) is 0.479. The molecule has 1 N–H and O–H groups in total.